The third kappa shape index (κ3) is 9.69. The number of anilines is 1. The number of amides is 2. The molecule has 198 valence electrons. The summed E-state index contributed by atoms with van der Waals surface area (Å²) >= 11 is 6.31. The van der Waals surface area contributed by atoms with E-state index < -0.39 is 0 Å². The number of benzene rings is 1. The van der Waals surface area contributed by atoms with Gasteiger partial charge in [-0.15, -0.1) is 0 Å². The summed E-state index contributed by atoms with van der Waals surface area (Å²) in [7, 11) is 1.87. The van der Waals surface area contributed by atoms with Crippen LogP contribution in [0.2, 0.25) is 5.02 Å². The first kappa shape index (κ1) is 29.4. The van der Waals surface area contributed by atoms with Gasteiger partial charge in [0.2, 0.25) is 5.91 Å². The summed E-state index contributed by atoms with van der Waals surface area (Å²) in [4.78, 5) is 33.3. The molecule has 0 aliphatic rings. The molecule has 1 N–H and O–H groups in total. The lowest BCUT2D eigenvalue weighted by Gasteiger charge is -2.27. The Morgan fingerprint density at radius 3 is 2.47 bits per heavy atom. The van der Waals surface area contributed by atoms with Gasteiger partial charge in [-0.3, -0.25) is 14.6 Å². The number of aromatic nitrogens is 1. The molecule has 1 aromatic heterocycles. The van der Waals surface area contributed by atoms with Crippen LogP contribution in [-0.4, -0.2) is 65.4 Å². The second-order valence-corrected chi connectivity index (χ2v) is 9.79. The van der Waals surface area contributed by atoms with Gasteiger partial charge >= 0.3 is 0 Å². The molecule has 2 rings (SSSR count). The van der Waals surface area contributed by atoms with Crippen molar-refractivity contribution in [3.63, 3.8) is 0 Å². The number of carbonyl (C=O) groups is 2. The summed E-state index contributed by atoms with van der Waals surface area (Å²) in [5.74, 6) is 0.679. The molecule has 0 spiro atoms. The predicted octanol–water partition coefficient (Wildman–Crippen LogP) is 5.89. The second-order valence-electron chi connectivity index (χ2n) is 9.35. The van der Waals surface area contributed by atoms with Gasteiger partial charge in [-0.1, -0.05) is 24.9 Å². The fourth-order valence-electron chi connectivity index (χ4n) is 3.79. The molecule has 7 nitrogen and oxygen atoms in total. The summed E-state index contributed by atoms with van der Waals surface area (Å²) in [6.07, 6.45) is 7.51. The maximum absolute atomic E-state index is 13.3. The molecule has 0 radical (unpaired) electrons. The largest absolute Gasteiger partial charge is 0.492 e. The molecule has 2 amide bonds. The lowest BCUT2D eigenvalue weighted by molar-refractivity contribution is -0.131. The monoisotopic (exact) mass is 516 g/mol. The highest BCUT2D eigenvalue weighted by molar-refractivity contribution is 6.31. The summed E-state index contributed by atoms with van der Waals surface area (Å²) in [6, 6.07) is 9.24. The molecular weight excluding hydrogens is 476 g/mol. The smallest absolute Gasteiger partial charge is 0.254 e. The van der Waals surface area contributed by atoms with Crippen molar-refractivity contribution in [3.05, 3.63) is 53.3 Å². The highest BCUT2D eigenvalue weighted by Gasteiger charge is 2.20. The number of nitrogens with zero attached hydrogens (tertiary/aromatic N) is 3. The number of nitrogens with one attached hydrogen (secondary N) is 1. The van der Waals surface area contributed by atoms with E-state index in [1.165, 1.54) is 0 Å². The third-order valence-corrected chi connectivity index (χ3v) is 6.54. The van der Waals surface area contributed by atoms with Crippen LogP contribution in [0.4, 0.5) is 5.69 Å². The molecule has 0 aliphatic carbocycles. The number of hydrogen-bond donors (Lipinski definition) is 1. The van der Waals surface area contributed by atoms with E-state index in [4.69, 9.17) is 16.3 Å². The molecule has 1 heterocycles. The van der Waals surface area contributed by atoms with Crippen molar-refractivity contribution in [1.82, 2.24) is 14.8 Å². The van der Waals surface area contributed by atoms with Crippen LogP contribution in [0, 0.1) is 0 Å². The zero-order valence-electron chi connectivity index (χ0n) is 22.3. The molecule has 2 aromatic rings. The van der Waals surface area contributed by atoms with Gasteiger partial charge in [0.25, 0.3) is 5.91 Å². The molecule has 0 bridgehead atoms. The van der Waals surface area contributed by atoms with Crippen molar-refractivity contribution >= 4 is 29.1 Å². The van der Waals surface area contributed by atoms with Crippen molar-refractivity contribution in [2.24, 2.45) is 0 Å². The van der Waals surface area contributed by atoms with E-state index in [9.17, 15) is 9.59 Å². The zero-order valence-corrected chi connectivity index (χ0v) is 23.1. The van der Waals surface area contributed by atoms with Gasteiger partial charge in [0.15, 0.2) is 0 Å². The predicted molar refractivity (Wildman–Crippen MR) is 147 cm³/mol. The van der Waals surface area contributed by atoms with Gasteiger partial charge in [0, 0.05) is 67.3 Å². The number of hydrogen-bond acceptors (Lipinski definition) is 5. The molecule has 0 aliphatic heterocycles. The summed E-state index contributed by atoms with van der Waals surface area (Å²) in [6.45, 7) is 9.83. The quantitative estimate of drug-likeness (QED) is 0.298. The third-order valence-electron chi connectivity index (χ3n) is 6.32. The molecule has 1 aromatic carbocycles. The van der Waals surface area contributed by atoms with Crippen molar-refractivity contribution < 1.29 is 14.3 Å². The van der Waals surface area contributed by atoms with Gasteiger partial charge in [0.05, 0.1) is 0 Å². The topological polar surface area (TPSA) is 74.8 Å². The van der Waals surface area contributed by atoms with Crippen LogP contribution in [0.3, 0.4) is 0 Å². The maximum atomic E-state index is 13.3. The number of ether oxygens (including phenoxy) is 1. The minimum atomic E-state index is -0.0696. The Balaban J connectivity index is 1.86. The number of rotatable bonds is 15. The van der Waals surface area contributed by atoms with Crippen molar-refractivity contribution in [2.75, 3.05) is 32.1 Å². The highest BCUT2D eigenvalue weighted by Crippen LogP contribution is 2.23. The van der Waals surface area contributed by atoms with E-state index >= 15 is 0 Å². The van der Waals surface area contributed by atoms with Gasteiger partial charge in [-0.25, -0.2) is 0 Å². The fraction of sp³-hybridized carbons (Fsp3) is 0.536. The summed E-state index contributed by atoms with van der Waals surface area (Å²) in [5, 5.41) is 3.72. The fourth-order valence-corrected chi connectivity index (χ4v) is 4.02. The van der Waals surface area contributed by atoms with Crippen LogP contribution >= 0.6 is 11.6 Å². The number of halogens is 1. The molecule has 1 atom stereocenters. The Labute approximate surface area is 221 Å². The van der Waals surface area contributed by atoms with Crippen molar-refractivity contribution in [3.8, 4) is 5.75 Å². The molecule has 0 fully saturated rings. The molecule has 0 saturated heterocycles. The van der Waals surface area contributed by atoms with Gasteiger partial charge in [-0.2, -0.15) is 0 Å². The van der Waals surface area contributed by atoms with E-state index in [0.717, 1.165) is 31.4 Å². The van der Waals surface area contributed by atoms with E-state index in [0.29, 0.717) is 42.5 Å². The Morgan fingerprint density at radius 2 is 1.81 bits per heavy atom. The maximum Gasteiger partial charge on any atom is 0.254 e. The van der Waals surface area contributed by atoms with E-state index in [2.05, 4.69) is 24.1 Å². The highest BCUT2D eigenvalue weighted by atomic mass is 35.5. The average Bonchev–Trinajstić information content (AvgIpc) is 2.87. The molecule has 0 saturated carbocycles. The number of pyridine rings is 1. The van der Waals surface area contributed by atoms with Crippen LogP contribution < -0.4 is 10.1 Å². The van der Waals surface area contributed by atoms with Crippen LogP contribution in [0.5, 0.6) is 5.75 Å². The minimum absolute atomic E-state index is 0.0450. The van der Waals surface area contributed by atoms with Crippen molar-refractivity contribution in [2.45, 2.75) is 71.9 Å². The first-order valence-corrected chi connectivity index (χ1v) is 13.2. The van der Waals surface area contributed by atoms with Gasteiger partial charge in [0.1, 0.15) is 12.4 Å². The average molecular weight is 517 g/mol. The first-order valence-electron chi connectivity index (χ1n) is 12.9. The van der Waals surface area contributed by atoms with Crippen LogP contribution in [0.1, 0.15) is 70.2 Å². The lowest BCUT2D eigenvalue weighted by atomic mass is 10.1. The second kappa shape index (κ2) is 15.3. The molecule has 1 unspecified atom stereocenters. The summed E-state index contributed by atoms with van der Waals surface area (Å²) in [5.41, 5.74) is 1.48. The molecular formula is C28H41ClN4O3. The first-order chi connectivity index (χ1) is 17.2. The van der Waals surface area contributed by atoms with Gasteiger partial charge < -0.3 is 19.9 Å². The van der Waals surface area contributed by atoms with Crippen LogP contribution in [0.15, 0.2) is 42.7 Å². The Bertz CT molecular complexity index is 955. The Hall–Kier alpha value is -2.80. The Kier molecular flexibility index (Phi) is 12.5. The van der Waals surface area contributed by atoms with Crippen LogP contribution in [0.25, 0.3) is 0 Å². The molecule has 8 heteroatoms. The van der Waals surface area contributed by atoms with Crippen molar-refractivity contribution in [1.29, 1.82) is 0 Å². The molecule has 36 heavy (non-hydrogen) atoms. The van der Waals surface area contributed by atoms with Crippen LogP contribution in [-0.2, 0) is 4.79 Å². The standard InChI is InChI=1S/C28H41ClN4O3/c1-6-22(4)32(5)27(34)10-8-7-9-16-33(21(2)3)28(35)23-18-24(29)20-26(19-23)36-17-15-31-25-11-13-30-14-12-25/h11-14,18-22H,6-10,15-17H2,1-5H3,(H,30,31). The number of unbranched alkanes of at least 4 members (excludes halogenated alkanes) is 2. The zero-order chi connectivity index (χ0) is 26.5. The minimum Gasteiger partial charge on any atom is -0.492 e. The van der Waals surface area contributed by atoms with E-state index in [1.54, 1.807) is 30.6 Å². The normalized spacial score (nSPS) is 11.8. The van der Waals surface area contributed by atoms with Gasteiger partial charge in [-0.05, 0) is 70.4 Å². The van der Waals surface area contributed by atoms with E-state index in [-0.39, 0.29) is 23.9 Å². The summed E-state index contributed by atoms with van der Waals surface area (Å²) < 4.78 is 5.85. The lowest BCUT2D eigenvalue weighted by Crippen LogP contribution is -2.37. The number of carbonyl (C=O) groups excluding carboxylic acids is 2. The SMILES string of the molecule is CCC(C)N(C)C(=O)CCCCCN(C(=O)c1cc(Cl)cc(OCCNc2ccncc2)c1)C(C)C. The van der Waals surface area contributed by atoms with E-state index in [1.807, 2.05) is 42.8 Å². The Morgan fingerprint density at radius 1 is 1.08 bits per heavy atom.